The van der Waals surface area contributed by atoms with Crippen LogP contribution in [-0.4, -0.2) is 81.1 Å². The van der Waals surface area contributed by atoms with E-state index in [9.17, 15) is 34.8 Å². The number of allylic oxidation sites excluding steroid dienone is 2. The normalized spacial score (nSPS) is 38.2. The van der Waals surface area contributed by atoms with Crippen molar-refractivity contribution in [3.63, 3.8) is 0 Å². The molecule has 10 heteroatoms. The number of fused-ring (bicyclic) bond motifs is 3. The number of carboxylic acid groups (broad SMARTS) is 1. The lowest BCUT2D eigenvalue weighted by Gasteiger charge is -2.67. The van der Waals surface area contributed by atoms with Crippen molar-refractivity contribution in [3.05, 3.63) is 23.3 Å². The van der Waals surface area contributed by atoms with Crippen LogP contribution in [0.4, 0.5) is 0 Å². The first-order valence-electron chi connectivity index (χ1n) is 19.2. The second-order valence-electron chi connectivity index (χ2n) is 18.2. The summed E-state index contributed by atoms with van der Waals surface area (Å²) in [5.41, 5.74) is -1.49. The number of aliphatic carboxylic acids is 1. The highest BCUT2D eigenvalue weighted by Crippen LogP contribution is 2.72. The lowest BCUT2D eigenvalue weighted by atomic mass is 9.39. The largest absolute Gasteiger partial charge is 0.481 e. The number of esters is 2. The summed E-state index contributed by atoms with van der Waals surface area (Å²) < 4.78 is 19.1. The van der Waals surface area contributed by atoms with Crippen molar-refractivity contribution in [1.29, 1.82) is 0 Å². The summed E-state index contributed by atoms with van der Waals surface area (Å²) in [4.78, 5) is 39.7. The van der Waals surface area contributed by atoms with E-state index in [0.29, 0.717) is 19.4 Å². The Bertz CT molecular complexity index is 1360. The van der Waals surface area contributed by atoms with E-state index in [1.54, 1.807) is 34.6 Å². The summed E-state index contributed by atoms with van der Waals surface area (Å²) >= 11 is 0. The molecule has 1 aliphatic heterocycles. The van der Waals surface area contributed by atoms with Crippen LogP contribution in [0.1, 0.15) is 121 Å². The van der Waals surface area contributed by atoms with Gasteiger partial charge < -0.3 is 34.6 Å². The third-order valence-corrected chi connectivity index (χ3v) is 13.6. The van der Waals surface area contributed by atoms with Gasteiger partial charge >= 0.3 is 17.9 Å². The zero-order chi connectivity index (χ0) is 38.4. The topological polar surface area (TPSA) is 160 Å². The molecule has 0 spiro atoms. The van der Waals surface area contributed by atoms with E-state index in [0.717, 1.165) is 18.4 Å². The Labute approximate surface area is 305 Å². The number of carbonyl (C=O) groups excluding carboxylic acids is 2. The van der Waals surface area contributed by atoms with Gasteiger partial charge in [0, 0.05) is 17.8 Å². The maximum Gasteiger partial charge on any atom is 0.335 e. The smallest absolute Gasteiger partial charge is 0.335 e. The van der Waals surface area contributed by atoms with Crippen molar-refractivity contribution in [1.82, 2.24) is 0 Å². The molecule has 51 heavy (non-hydrogen) atoms. The van der Waals surface area contributed by atoms with Crippen molar-refractivity contribution < 1.29 is 49.0 Å². The molecule has 0 radical (unpaired) electrons. The number of aliphatic hydroxyl groups excluding tert-OH is 2. The SMILES string of the molecule is CC[C@@H](C)[C@@H](O)C(=O)O[C@@H]1C[C@]2(C)C(=CC[C@H]2[C@H]2CO[C@H](C=C(C)C)C2)[C@]2(C)[C@H](OC(=O)[C@H](O)C(C)C)CC(C(C)(C)O)[C@](C)(CCC(=O)O)[C@@H]12. The third kappa shape index (κ3) is 7.85. The van der Waals surface area contributed by atoms with Crippen molar-refractivity contribution in [2.45, 2.75) is 157 Å². The summed E-state index contributed by atoms with van der Waals surface area (Å²) in [5.74, 6) is -4.05. The Morgan fingerprint density at radius 1 is 1.04 bits per heavy atom. The van der Waals surface area contributed by atoms with Gasteiger partial charge in [-0.25, -0.2) is 9.59 Å². The minimum Gasteiger partial charge on any atom is -0.481 e. The molecular formula is C41H66O10. The lowest BCUT2D eigenvalue weighted by Crippen LogP contribution is -2.68. The molecule has 4 N–H and O–H groups in total. The van der Waals surface area contributed by atoms with Gasteiger partial charge in [0.05, 0.1) is 18.3 Å². The molecule has 13 atom stereocenters. The third-order valence-electron chi connectivity index (χ3n) is 13.6. The van der Waals surface area contributed by atoms with Gasteiger partial charge in [0.1, 0.15) is 12.2 Å². The van der Waals surface area contributed by atoms with Crippen LogP contribution in [0.5, 0.6) is 0 Å². The van der Waals surface area contributed by atoms with Gasteiger partial charge in [0.2, 0.25) is 0 Å². The van der Waals surface area contributed by atoms with E-state index < -0.39 is 81.9 Å². The van der Waals surface area contributed by atoms with Gasteiger partial charge in [-0.2, -0.15) is 0 Å². The van der Waals surface area contributed by atoms with Crippen molar-refractivity contribution in [2.75, 3.05) is 6.61 Å². The van der Waals surface area contributed by atoms with Crippen LogP contribution in [0, 0.1) is 51.8 Å². The number of aliphatic hydroxyl groups is 3. The summed E-state index contributed by atoms with van der Waals surface area (Å²) in [6.07, 6.45) is 2.87. The molecule has 10 nitrogen and oxygen atoms in total. The highest BCUT2D eigenvalue weighted by molar-refractivity contribution is 5.75. The molecule has 3 aliphatic carbocycles. The van der Waals surface area contributed by atoms with Crippen LogP contribution < -0.4 is 0 Å². The van der Waals surface area contributed by atoms with Crippen LogP contribution in [0.3, 0.4) is 0 Å². The number of carboxylic acids is 1. The van der Waals surface area contributed by atoms with Gasteiger partial charge in [0.15, 0.2) is 12.2 Å². The first kappa shape index (κ1) is 41.5. The lowest BCUT2D eigenvalue weighted by molar-refractivity contribution is -0.242. The number of ether oxygens (including phenoxy) is 3. The number of rotatable bonds is 13. The highest BCUT2D eigenvalue weighted by Gasteiger charge is 2.71. The average Bonchev–Trinajstić information content (AvgIpc) is 3.62. The molecule has 1 heterocycles. The van der Waals surface area contributed by atoms with Crippen LogP contribution in [0.2, 0.25) is 0 Å². The highest BCUT2D eigenvalue weighted by atomic mass is 16.6. The van der Waals surface area contributed by atoms with Gasteiger partial charge in [-0.15, -0.1) is 0 Å². The molecule has 0 aromatic carbocycles. The molecule has 0 amide bonds. The van der Waals surface area contributed by atoms with Crippen molar-refractivity contribution in [3.8, 4) is 0 Å². The maximum absolute atomic E-state index is 13.9. The summed E-state index contributed by atoms with van der Waals surface area (Å²) in [5, 5.41) is 43.8. The number of hydrogen-bond donors (Lipinski definition) is 4. The summed E-state index contributed by atoms with van der Waals surface area (Å²) in [6.45, 7) is 21.5. The fourth-order valence-corrected chi connectivity index (χ4v) is 11.0. The molecule has 1 unspecified atom stereocenters. The Morgan fingerprint density at radius 3 is 2.22 bits per heavy atom. The molecule has 1 saturated heterocycles. The maximum atomic E-state index is 13.9. The molecule has 0 aromatic heterocycles. The van der Waals surface area contributed by atoms with Crippen LogP contribution in [0.15, 0.2) is 23.3 Å². The molecule has 4 aliphatic rings. The first-order valence-corrected chi connectivity index (χ1v) is 19.2. The molecule has 2 saturated carbocycles. The Balaban J connectivity index is 1.94. The zero-order valence-corrected chi connectivity index (χ0v) is 32.9. The van der Waals surface area contributed by atoms with E-state index in [-0.39, 0.29) is 43.1 Å². The zero-order valence-electron chi connectivity index (χ0n) is 32.9. The van der Waals surface area contributed by atoms with E-state index >= 15 is 0 Å². The Hall–Kier alpha value is -2.27. The van der Waals surface area contributed by atoms with Crippen LogP contribution in [0.25, 0.3) is 0 Å². The van der Waals surface area contributed by atoms with E-state index in [1.807, 2.05) is 20.8 Å². The average molecular weight is 719 g/mol. The molecule has 0 aromatic rings. The predicted octanol–water partition coefficient (Wildman–Crippen LogP) is 6.25. The molecule has 0 bridgehead atoms. The second kappa shape index (κ2) is 15.2. The van der Waals surface area contributed by atoms with Crippen LogP contribution >= 0.6 is 0 Å². The summed E-state index contributed by atoms with van der Waals surface area (Å²) in [7, 11) is 0. The summed E-state index contributed by atoms with van der Waals surface area (Å²) in [6, 6.07) is 0. The Morgan fingerprint density at radius 2 is 1.67 bits per heavy atom. The van der Waals surface area contributed by atoms with E-state index in [1.165, 1.54) is 5.57 Å². The van der Waals surface area contributed by atoms with E-state index in [2.05, 4.69) is 32.9 Å². The Kier molecular flexibility index (Phi) is 12.4. The van der Waals surface area contributed by atoms with Crippen molar-refractivity contribution in [2.24, 2.45) is 51.8 Å². The van der Waals surface area contributed by atoms with Gasteiger partial charge in [0.25, 0.3) is 0 Å². The molecule has 3 fully saturated rings. The van der Waals surface area contributed by atoms with Gasteiger partial charge in [-0.05, 0) is 100 Å². The minimum atomic E-state index is -1.37. The number of hydrogen-bond acceptors (Lipinski definition) is 9. The fourth-order valence-electron chi connectivity index (χ4n) is 11.0. The number of carbonyl (C=O) groups is 3. The quantitative estimate of drug-likeness (QED) is 0.127. The van der Waals surface area contributed by atoms with Gasteiger partial charge in [-0.3, -0.25) is 4.79 Å². The second-order valence-corrected chi connectivity index (χ2v) is 18.2. The minimum absolute atomic E-state index is 0.00615. The molecule has 4 rings (SSSR count). The first-order chi connectivity index (χ1) is 23.5. The van der Waals surface area contributed by atoms with E-state index in [4.69, 9.17) is 14.2 Å². The standard InChI is InChI=1S/C41H66O10/c1-12-24(6)34(45)37(47)50-28-20-40(10)27(25-18-26(49-21-25)17-22(2)3)13-14-29(40)41(11)31(51-36(46)33(44)23(4)5)19-30(38(7,8)48)39(9,35(28)41)16-15-32(42)43/h14,17,23-28,30-31,33-35,44-45,48H,12-13,15-16,18-21H2,1-11H3,(H,42,43)/t24-,25-,26-,27+,28-,30?,31-,33-,34-,35-,39+,40+,41-/m1/s1. The van der Waals surface area contributed by atoms with Crippen molar-refractivity contribution >= 4 is 17.9 Å². The van der Waals surface area contributed by atoms with Crippen LogP contribution in [-0.2, 0) is 28.6 Å². The van der Waals surface area contributed by atoms with Gasteiger partial charge in [-0.1, -0.05) is 78.2 Å². The monoisotopic (exact) mass is 718 g/mol. The molecular weight excluding hydrogens is 652 g/mol. The fraction of sp³-hybridized carbons (Fsp3) is 0.829. The predicted molar refractivity (Wildman–Crippen MR) is 193 cm³/mol. The molecule has 290 valence electrons.